The molecule has 32 heavy (non-hydrogen) atoms. The molecule has 0 aliphatic rings. The number of hydrogen-bond donors (Lipinski definition) is 2. The molecule has 0 bridgehead atoms. The number of carbonyl (C=O) groups excluding carboxylic acids is 2. The molecule has 0 radical (unpaired) electrons. The van der Waals surface area contributed by atoms with Crippen molar-refractivity contribution in [3.63, 3.8) is 0 Å². The number of primary amides is 1. The molecule has 2 aromatic carbocycles. The Hall–Kier alpha value is -3.25. The van der Waals surface area contributed by atoms with E-state index in [0.717, 1.165) is 12.1 Å². The van der Waals surface area contributed by atoms with Gasteiger partial charge >= 0.3 is 18.5 Å². The molecule has 1 atom stereocenters. The van der Waals surface area contributed by atoms with E-state index < -0.39 is 70.6 Å². The zero-order valence-corrected chi connectivity index (χ0v) is 15.6. The van der Waals surface area contributed by atoms with E-state index in [2.05, 4.69) is 0 Å². The largest absolute Gasteiger partial charge is 0.416 e. The van der Waals surface area contributed by atoms with Gasteiger partial charge in [0.15, 0.2) is 0 Å². The number of nitrogens with one attached hydrogen (secondary N) is 1. The van der Waals surface area contributed by atoms with Crippen molar-refractivity contribution in [2.24, 2.45) is 5.73 Å². The molecular weight excluding hydrogens is 459 g/mol. The van der Waals surface area contributed by atoms with Crippen LogP contribution >= 0.6 is 0 Å². The van der Waals surface area contributed by atoms with Crippen LogP contribution in [-0.2, 0) is 29.7 Å². The predicted octanol–water partition coefficient (Wildman–Crippen LogP) is 4.57. The van der Waals surface area contributed by atoms with Crippen molar-refractivity contribution < 1.29 is 49.1 Å². The Balaban J connectivity index is 2.40. The summed E-state index contributed by atoms with van der Waals surface area (Å²) in [6, 6.07) is 2.11. The zero-order chi connectivity index (χ0) is 24.5. The number of nitrogens with two attached hydrogens (primary N) is 1. The maximum atomic E-state index is 13.1. The smallest absolute Gasteiger partial charge is 0.368 e. The molecule has 4 nitrogen and oxygen atoms in total. The fourth-order valence-corrected chi connectivity index (χ4v) is 2.75. The predicted molar refractivity (Wildman–Crippen MR) is 92.0 cm³/mol. The van der Waals surface area contributed by atoms with Gasteiger partial charge in [-0.15, -0.1) is 0 Å². The number of rotatable bonds is 5. The Labute approximate surface area is 174 Å². The van der Waals surface area contributed by atoms with Gasteiger partial charge in [0.25, 0.3) is 5.91 Å². The van der Waals surface area contributed by atoms with Crippen molar-refractivity contribution in [3.8, 4) is 0 Å². The third kappa shape index (κ3) is 6.14. The molecule has 0 saturated carbocycles. The van der Waals surface area contributed by atoms with Gasteiger partial charge in [0.1, 0.15) is 6.04 Å². The summed E-state index contributed by atoms with van der Waals surface area (Å²) in [6.07, 6.45) is -16.1. The van der Waals surface area contributed by atoms with Gasteiger partial charge < -0.3 is 11.1 Å². The van der Waals surface area contributed by atoms with E-state index in [-0.39, 0.29) is 18.2 Å². The minimum atomic E-state index is -5.23. The zero-order valence-electron chi connectivity index (χ0n) is 15.6. The Kier molecular flexibility index (Phi) is 6.81. The normalized spacial score (nSPS) is 13.5. The first-order valence-corrected chi connectivity index (χ1v) is 8.55. The Morgan fingerprint density at radius 2 is 1.31 bits per heavy atom. The third-order valence-electron chi connectivity index (χ3n) is 4.25. The van der Waals surface area contributed by atoms with Gasteiger partial charge in [-0.1, -0.05) is 18.2 Å². The number of carbonyl (C=O) groups is 2. The quantitative estimate of drug-likeness (QED) is 0.626. The lowest BCUT2D eigenvalue weighted by Gasteiger charge is -2.19. The lowest BCUT2D eigenvalue weighted by molar-refractivity contribution is -0.143. The SMILES string of the molecule is NC(=O)[C@H](Cc1ccccc1C(F)(F)F)NC(=O)c1cc(C(F)(F)F)cc(C(F)(F)F)c1. The van der Waals surface area contributed by atoms with Gasteiger partial charge in [0.2, 0.25) is 5.91 Å². The monoisotopic (exact) mass is 472 g/mol. The lowest BCUT2D eigenvalue weighted by atomic mass is 9.98. The van der Waals surface area contributed by atoms with Crippen molar-refractivity contribution in [1.29, 1.82) is 0 Å². The summed E-state index contributed by atoms with van der Waals surface area (Å²) in [6.45, 7) is 0. The first kappa shape index (κ1) is 25.0. The summed E-state index contributed by atoms with van der Waals surface area (Å²) >= 11 is 0. The standard InChI is InChI=1S/C19H13F9N2O2/c20-17(21,22)11-5-10(6-12(8-11)18(23,24)25)16(32)30-14(15(29)31)7-9-3-1-2-4-13(9)19(26,27)28/h1-6,8,14H,7H2,(H2,29,31)(H,30,32)/t14-/m0/s1. The molecule has 0 heterocycles. The molecule has 13 heteroatoms. The van der Waals surface area contributed by atoms with Crippen LogP contribution in [-0.4, -0.2) is 17.9 Å². The van der Waals surface area contributed by atoms with E-state index in [9.17, 15) is 49.1 Å². The van der Waals surface area contributed by atoms with Crippen molar-refractivity contribution in [2.45, 2.75) is 31.0 Å². The number of alkyl halides is 9. The summed E-state index contributed by atoms with van der Waals surface area (Å²) in [5.74, 6) is -2.91. The molecule has 2 aromatic rings. The second-order valence-electron chi connectivity index (χ2n) is 6.58. The molecule has 0 aliphatic heterocycles. The lowest BCUT2D eigenvalue weighted by Crippen LogP contribution is -2.46. The van der Waals surface area contributed by atoms with Crippen LogP contribution in [0.4, 0.5) is 39.5 Å². The second kappa shape index (κ2) is 8.71. The summed E-state index contributed by atoms with van der Waals surface area (Å²) in [4.78, 5) is 24.0. The number of halogens is 9. The molecule has 0 unspecified atom stereocenters. The third-order valence-corrected chi connectivity index (χ3v) is 4.25. The average Bonchev–Trinajstić information content (AvgIpc) is 2.65. The molecular formula is C19H13F9N2O2. The van der Waals surface area contributed by atoms with E-state index in [1.807, 2.05) is 0 Å². The van der Waals surface area contributed by atoms with Gasteiger partial charge in [-0.25, -0.2) is 0 Å². The Morgan fingerprint density at radius 1 is 0.812 bits per heavy atom. The summed E-state index contributed by atoms with van der Waals surface area (Å²) < 4.78 is 117. The van der Waals surface area contributed by atoms with Gasteiger partial charge in [0, 0.05) is 12.0 Å². The molecule has 2 rings (SSSR count). The van der Waals surface area contributed by atoms with Crippen LogP contribution in [0.5, 0.6) is 0 Å². The number of benzene rings is 2. The first-order valence-electron chi connectivity index (χ1n) is 8.55. The van der Waals surface area contributed by atoms with E-state index in [0.29, 0.717) is 6.07 Å². The van der Waals surface area contributed by atoms with Crippen LogP contribution in [0.15, 0.2) is 42.5 Å². The summed E-state index contributed by atoms with van der Waals surface area (Å²) in [5, 5.41) is 1.80. The maximum Gasteiger partial charge on any atom is 0.416 e. The van der Waals surface area contributed by atoms with Crippen LogP contribution in [0.3, 0.4) is 0 Å². The molecule has 0 aromatic heterocycles. The minimum Gasteiger partial charge on any atom is -0.368 e. The van der Waals surface area contributed by atoms with Gasteiger partial charge in [-0.3, -0.25) is 9.59 Å². The highest BCUT2D eigenvalue weighted by Crippen LogP contribution is 2.36. The molecule has 0 saturated heterocycles. The van der Waals surface area contributed by atoms with Crippen LogP contribution in [0, 0.1) is 0 Å². The topological polar surface area (TPSA) is 72.2 Å². The Bertz CT molecular complexity index is 979. The highest BCUT2D eigenvalue weighted by Gasteiger charge is 2.38. The van der Waals surface area contributed by atoms with E-state index in [4.69, 9.17) is 5.73 Å². The van der Waals surface area contributed by atoms with E-state index in [1.54, 1.807) is 5.32 Å². The van der Waals surface area contributed by atoms with Crippen molar-refractivity contribution in [2.75, 3.05) is 0 Å². The van der Waals surface area contributed by atoms with Crippen LogP contribution in [0.2, 0.25) is 0 Å². The van der Waals surface area contributed by atoms with E-state index >= 15 is 0 Å². The highest BCUT2D eigenvalue weighted by atomic mass is 19.4. The summed E-state index contributed by atoms with van der Waals surface area (Å²) in [5.41, 5.74) is -1.22. The minimum absolute atomic E-state index is 0.117. The fourth-order valence-electron chi connectivity index (χ4n) is 2.75. The second-order valence-corrected chi connectivity index (χ2v) is 6.58. The average molecular weight is 472 g/mol. The van der Waals surface area contributed by atoms with Crippen LogP contribution in [0.25, 0.3) is 0 Å². The first-order chi connectivity index (χ1) is 14.5. The van der Waals surface area contributed by atoms with Crippen molar-refractivity contribution in [1.82, 2.24) is 5.32 Å². The molecule has 0 spiro atoms. The molecule has 3 N–H and O–H groups in total. The molecule has 2 amide bonds. The van der Waals surface area contributed by atoms with E-state index in [1.165, 1.54) is 6.07 Å². The highest BCUT2D eigenvalue weighted by molar-refractivity contribution is 5.97. The number of amides is 2. The van der Waals surface area contributed by atoms with Gasteiger partial charge in [-0.2, -0.15) is 39.5 Å². The molecule has 0 aliphatic carbocycles. The summed E-state index contributed by atoms with van der Waals surface area (Å²) in [7, 11) is 0. The fraction of sp³-hybridized carbons (Fsp3) is 0.263. The van der Waals surface area contributed by atoms with Gasteiger partial charge in [-0.05, 0) is 29.8 Å². The molecule has 0 fully saturated rings. The van der Waals surface area contributed by atoms with Gasteiger partial charge in [0.05, 0.1) is 16.7 Å². The Morgan fingerprint density at radius 3 is 1.75 bits per heavy atom. The van der Waals surface area contributed by atoms with Crippen molar-refractivity contribution >= 4 is 11.8 Å². The van der Waals surface area contributed by atoms with Crippen molar-refractivity contribution in [3.05, 3.63) is 70.3 Å². The number of hydrogen-bond acceptors (Lipinski definition) is 2. The maximum absolute atomic E-state index is 13.1. The molecule has 174 valence electrons. The van der Waals surface area contributed by atoms with Crippen LogP contribution < -0.4 is 11.1 Å². The van der Waals surface area contributed by atoms with Crippen LogP contribution in [0.1, 0.15) is 32.6 Å².